The second-order valence-corrected chi connectivity index (χ2v) is 6.18. The first-order valence-corrected chi connectivity index (χ1v) is 8.27. The van der Waals surface area contributed by atoms with Crippen molar-refractivity contribution in [3.8, 4) is 17.2 Å². The fourth-order valence-electron chi connectivity index (χ4n) is 2.54. The van der Waals surface area contributed by atoms with Crippen LogP contribution >= 0.6 is 11.6 Å². The lowest BCUT2D eigenvalue weighted by atomic mass is 9.96. The Kier molecular flexibility index (Phi) is 6.10. The first-order valence-electron chi connectivity index (χ1n) is 7.89. The molecule has 128 valence electrons. The average molecular weight is 348 g/mol. The zero-order valence-corrected chi connectivity index (χ0v) is 14.8. The van der Waals surface area contributed by atoms with Crippen LogP contribution < -0.4 is 4.74 Å². The van der Waals surface area contributed by atoms with Crippen LogP contribution in [0.15, 0.2) is 35.3 Å². The van der Waals surface area contributed by atoms with Crippen LogP contribution in [0.4, 0.5) is 5.69 Å². The van der Waals surface area contributed by atoms with Crippen LogP contribution in [0, 0.1) is 0 Å². The van der Waals surface area contributed by atoms with Gasteiger partial charge in [0.15, 0.2) is 11.5 Å². The van der Waals surface area contributed by atoms with E-state index in [4.69, 9.17) is 16.3 Å². The highest BCUT2D eigenvalue weighted by molar-refractivity contribution is 6.31. The van der Waals surface area contributed by atoms with Crippen molar-refractivity contribution in [2.45, 2.75) is 32.6 Å². The molecule has 4 nitrogen and oxygen atoms in total. The van der Waals surface area contributed by atoms with Crippen molar-refractivity contribution in [1.29, 1.82) is 0 Å². The number of hydrogen-bond donors (Lipinski definition) is 2. The molecule has 24 heavy (non-hydrogen) atoms. The number of benzene rings is 2. The van der Waals surface area contributed by atoms with E-state index in [0.29, 0.717) is 22.2 Å². The molecule has 1 atom stereocenters. The van der Waals surface area contributed by atoms with E-state index in [2.05, 4.69) is 18.8 Å². The molecule has 0 radical (unpaired) electrons. The van der Waals surface area contributed by atoms with Crippen molar-refractivity contribution in [2.24, 2.45) is 4.99 Å². The zero-order chi connectivity index (χ0) is 17.7. The van der Waals surface area contributed by atoms with Crippen LogP contribution in [0.2, 0.25) is 5.02 Å². The van der Waals surface area contributed by atoms with Crippen LogP contribution in [0.25, 0.3) is 0 Å². The molecule has 0 fully saturated rings. The van der Waals surface area contributed by atoms with Gasteiger partial charge in [-0.3, -0.25) is 4.99 Å². The van der Waals surface area contributed by atoms with Crippen LogP contribution in [0.5, 0.6) is 17.2 Å². The number of phenolic OH excluding ortho intramolecular Hbond substituents is 2. The van der Waals surface area contributed by atoms with Gasteiger partial charge >= 0.3 is 0 Å². The van der Waals surface area contributed by atoms with Crippen molar-refractivity contribution in [1.82, 2.24) is 0 Å². The monoisotopic (exact) mass is 347 g/mol. The zero-order valence-electron chi connectivity index (χ0n) is 14.1. The minimum Gasteiger partial charge on any atom is -0.506 e. The maximum atomic E-state index is 10.1. The maximum Gasteiger partial charge on any atom is 0.166 e. The van der Waals surface area contributed by atoms with Gasteiger partial charge in [-0.05, 0) is 36.1 Å². The van der Waals surface area contributed by atoms with Gasteiger partial charge in [-0.2, -0.15) is 0 Å². The Morgan fingerprint density at radius 1 is 1.25 bits per heavy atom. The van der Waals surface area contributed by atoms with Crippen LogP contribution in [-0.2, 0) is 0 Å². The molecule has 2 rings (SSSR count). The topological polar surface area (TPSA) is 62.1 Å². The molecule has 2 aromatic rings. The predicted molar refractivity (Wildman–Crippen MR) is 98.4 cm³/mol. The maximum absolute atomic E-state index is 10.1. The first kappa shape index (κ1) is 18.1. The number of aromatic hydroxyl groups is 2. The van der Waals surface area contributed by atoms with Gasteiger partial charge in [0.05, 0.1) is 7.11 Å². The Morgan fingerprint density at radius 2 is 2.00 bits per heavy atom. The summed E-state index contributed by atoms with van der Waals surface area (Å²) in [5.41, 5.74) is 1.99. The standard InChI is InChI=1S/C19H22ClNO3/c1-4-5-12(2)13-6-7-17(22)16(9-13)21-11-14-8-15(20)10-18(24-3)19(14)23/h6-12,22-23H,4-5H2,1-3H3. The molecule has 0 saturated carbocycles. The number of rotatable bonds is 6. The largest absolute Gasteiger partial charge is 0.506 e. The number of phenols is 2. The van der Waals surface area contributed by atoms with E-state index in [1.54, 1.807) is 12.1 Å². The number of methoxy groups -OCH3 is 1. The van der Waals surface area contributed by atoms with Crippen molar-refractivity contribution < 1.29 is 14.9 Å². The molecule has 0 aliphatic rings. The van der Waals surface area contributed by atoms with Gasteiger partial charge in [0.25, 0.3) is 0 Å². The van der Waals surface area contributed by atoms with Gasteiger partial charge in [-0.1, -0.05) is 37.9 Å². The Balaban J connectivity index is 2.35. The minimum atomic E-state index is -0.0411. The first-order chi connectivity index (χ1) is 11.5. The predicted octanol–water partition coefficient (Wildman–Crippen LogP) is 5.41. The summed E-state index contributed by atoms with van der Waals surface area (Å²) in [6.45, 7) is 4.29. The highest BCUT2D eigenvalue weighted by atomic mass is 35.5. The van der Waals surface area contributed by atoms with E-state index in [-0.39, 0.29) is 17.2 Å². The summed E-state index contributed by atoms with van der Waals surface area (Å²) < 4.78 is 5.07. The quantitative estimate of drug-likeness (QED) is 0.686. The molecular formula is C19H22ClNO3. The molecule has 2 aromatic carbocycles. The van der Waals surface area contributed by atoms with Crippen molar-refractivity contribution in [3.05, 3.63) is 46.5 Å². The minimum absolute atomic E-state index is 0.0411. The Bertz CT molecular complexity index is 744. The molecule has 1 unspecified atom stereocenters. The summed E-state index contributed by atoms with van der Waals surface area (Å²) >= 11 is 6.01. The van der Waals surface area contributed by atoms with Gasteiger partial charge in [-0.25, -0.2) is 0 Å². The molecule has 0 heterocycles. The molecular weight excluding hydrogens is 326 g/mol. The van der Waals surface area contributed by atoms with E-state index in [1.807, 2.05) is 12.1 Å². The van der Waals surface area contributed by atoms with E-state index >= 15 is 0 Å². The van der Waals surface area contributed by atoms with Gasteiger partial charge in [0.1, 0.15) is 11.4 Å². The summed E-state index contributed by atoms with van der Waals surface area (Å²) in [6.07, 6.45) is 3.63. The second-order valence-electron chi connectivity index (χ2n) is 5.74. The number of halogens is 1. The van der Waals surface area contributed by atoms with E-state index in [1.165, 1.54) is 19.4 Å². The molecule has 0 aliphatic carbocycles. The highest BCUT2D eigenvalue weighted by Crippen LogP contribution is 2.34. The van der Waals surface area contributed by atoms with Crippen LogP contribution in [-0.4, -0.2) is 23.5 Å². The molecule has 0 spiro atoms. The third-order valence-corrected chi connectivity index (χ3v) is 4.14. The molecule has 0 amide bonds. The third-order valence-electron chi connectivity index (χ3n) is 3.92. The van der Waals surface area contributed by atoms with Crippen molar-refractivity contribution in [2.75, 3.05) is 7.11 Å². The van der Waals surface area contributed by atoms with E-state index in [0.717, 1.165) is 18.4 Å². The Hall–Kier alpha value is -2.20. The normalized spacial score (nSPS) is 12.5. The van der Waals surface area contributed by atoms with Gasteiger partial charge in [0.2, 0.25) is 0 Å². The summed E-state index contributed by atoms with van der Waals surface area (Å²) in [6, 6.07) is 8.54. The van der Waals surface area contributed by atoms with Crippen LogP contribution in [0.3, 0.4) is 0 Å². The smallest absolute Gasteiger partial charge is 0.166 e. The number of ether oxygens (including phenoxy) is 1. The van der Waals surface area contributed by atoms with E-state index in [9.17, 15) is 10.2 Å². The number of aliphatic imine (C=N–C) groups is 1. The summed E-state index contributed by atoms with van der Waals surface area (Å²) in [7, 11) is 1.46. The fourth-order valence-corrected chi connectivity index (χ4v) is 2.75. The lowest BCUT2D eigenvalue weighted by Gasteiger charge is -2.12. The van der Waals surface area contributed by atoms with Gasteiger partial charge in [-0.15, -0.1) is 0 Å². The van der Waals surface area contributed by atoms with Gasteiger partial charge in [0, 0.05) is 22.9 Å². The van der Waals surface area contributed by atoms with Gasteiger partial charge < -0.3 is 14.9 Å². The summed E-state index contributed by atoms with van der Waals surface area (Å²) in [5, 5.41) is 20.6. The molecule has 0 saturated heterocycles. The Labute approximate surface area is 147 Å². The molecule has 5 heteroatoms. The lowest BCUT2D eigenvalue weighted by molar-refractivity contribution is 0.373. The molecule has 0 aromatic heterocycles. The van der Waals surface area contributed by atoms with E-state index < -0.39 is 0 Å². The van der Waals surface area contributed by atoms with Crippen LogP contribution in [0.1, 0.15) is 43.7 Å². The number of hydrogen-bond acceptors (Lipinski definition) is 4. The average Bonchev–Trinajstić information content (AvgIpc) is 2.56. The molecule has 0 aliphatic heterocycles. The summed E-state index contributed by atoms with van der Waals surface area (Å²) in [5.74, 6) is 0.718. The molecule has 2 N–H and O–H groups in total. The Morgan fingerprint density at radius 3 is 2.67 bits per heavy atom. The lowest BCUT2D eigenvalue weighted by Crippen LogP contribution is -1.92. The fraction of sp³-hybridized carbons (Fsp3) is 0.316. The number of nitrogens with zero attached hydrogens (tertiary/aromatic N) is 1. The third kappa shape index (κ3) is 4.20. The summed E-state index contributed by atoms with van der Waals surface area (Å²) in [4.78, 5) is 4.31. The van der Waals surface area contributed by atoms with Crippen molar-refractivity contribution in [3.63, 3.8) is 0 Å². The highest BCUT2D eigenvalue weighted by Gasteiger charge is 2.10. The van der Waals surface area contributed by atoms with Crippen molar-refractivity contribution >= 4 is 23.5 Å². The SMILES string of the molecule is CCCC(C)c1ccc(O)c(N=Cc2cc(Cl)cc(OC)c2O)c1. The second kappa shape index (κ2) is 8.06. The molecule has 0 bridgehead atoms.